The molecule has 1 saturated heterocycles. The minimum atomic E-state index is 0.00177. The normalized spacial score (nSPS) is 16.8. The molecule has 3 rings (SSSR count). The van der Waals surface area contributed by atoms with Crippen LogP contribution in [-0.2, 0) is 6.42 Å². The van der Waals surface area contributed by atoms with Crippen molar-refractivity contribution in [3.63, 3.8) is 0 Å². The van der Waals surface area contributed by atoms with E-state index in [1.54, 1.807) is 19.5 Å². The second-order valence-corrected chi connectivity index (χ2v) is 6.52. The summed E-state index contributed by atoms with van der Waals surface area (Å²) in [6.07, 6.45) is 7.27. The van der Waals surface area contributed by atoms with Crippen molar-refractivity contribution in [3.8, 4) is 5.88 Å². The smallest absolute Gasteiger partial charge is 0.257 e. The first-order chi connectivity index (χ1) is 11.8. The number of aromatic nitrogens is 2. The third-order valence-corrected chi connectivity index (χ3v) is 5.09. The lowest BCUT2D eigenvalue weighted by atomic mass is 9.75. The number of rotatable bonds is 6. The van der Waals surface area contributed by atoms with Gasteiger partial charge in [0.15, 0.2) is 5.82 Å². The van der Waals surface area contributed by atoms with Crippen LogP contribution in [0.5, 0.6) is 5.88 Å². The number of benzene rings is 1. The van der Waals surface area contributed by atoms with E-state index < -0.39 is 0 Å². The Kier molecular flexibility index (Phi) is 5.30. The van der Waals surface area contributed by atoms with Crippen molar-refractivity contribution >= 4 is 5.82 Å². The van der Waals surface area contributed by atoms with Gasteiger partial charge in [-0.15, -0.1) is 0 Å². The summed E-state index contributed by atoms with van der Waals surface area (Å²) in [5.74, 6) is 1.37. The molecular formula is C19H25N3O2. The Balaban J connectivity index is 1.63. The van der Waals surface area contributed by atoms with Gasteiger partial charge >= 0.3 is 0 Å². The number of hydrogen-bond donors (Lipinski definition) is 1. The second kappa shape index (κ2) is 7.62. The molecule has 0 radical (unpaired) electrons. The quantitative estimate of drug-likeness (QED) is 0.884. The van der Waals surface area contributed by atoms with E-state index in [2.05, 4.69) is 39.1 Å². The fourth-order valence-electron chi connectivity index (χ4n) is 3.41. The van der Waals surface area contributed by atoms with Crippen LogP contribution in [0.4, 0.5) is 5.82 Å². The summed E-state index contributed by atoms with van der Waals surface area (Å²) in [5.41, 5.74) is 1.34. The number of methoxy groups -OCH3 is 1. The zero-order valence-corrected chi connectivity index (χ0v) is 14.2. The fourth-order valence-corrected chi connectivity index (χ4v) is 3.41. The molecule has 128 valence electrons. The highest BCUT2D eigenvalue weighted by molar-refractivity contribution is 5.48. The molecule has 0 unspecified atom stereocenters. The zero-order valence-electron chi connectivity index (χ0n) is 14.2. The molecule has 2 aromatic rings. The SMILES string of the molecule is COc1nccnc1N1CCC(CO)(CCc2ccccc2)CC1. The van der Waals surface area contributed by atoms with Gasteiger partial charge in [-0.1, -0.05) is 30.3 Å². The molecule has 0 bridgehead atoms. The van der Waals surface area contributed by atoms with E-state index in [0.29, 0.717) is 5.88 Å². The molecule has 1 aromatic carbocycles. The van der Waals surface area contributed by atoms with Gasteiger partial charge in [-0.05, 0) is 36.7 Å². The second-order valence-electron chi connectivity index (χ2n) is 6.52. The third kappa shape index (κ3) is 3.67. The number of hydrogen-bond acceptors (Lipinski definition) is 5. The van der Waals surface area contributed by atoms with E-state index in [-0.39, 0.29) is 12.0 Å². The van der Waals surface area contributed by atoms with Gasteiger partial charge in [-0.2, -0.15) is 0 Å². The summed E-state index contributed by atoms with van der Waals surface area (Å²) in [4.78, 5) is 10.9. The Morgan fingerprint density at radius 3 is 2.50 bits per heavy atom. The topological polar surface area (TPSA) is 58.5 Å². The summed E-state index contributed by atoms with van der Waals surface area (Å²) in [7, 11) is 1.62. The van der Waals surface area contributed by atoms with E-state index in [1.165, 1.54) is 5.56 Å². The van der Waals surface area contributed by atoms with Gasteiger partial charge in [-0.25, -0.2) is 9.97 Å². The van der Waals surface area contributed by atoms with Crippen LogP contribution in [0.15, 0.2) is 42.7 Å². The van der Waals surface area contributed by atoms with Crippen LogP contribution < -0.4 is 9.64 Å². The van der Waals surface area contributed by atoms with Gasteiger partial charge in [-0.3, -0.25) is 0 Å². The lowest BCUT2D eigenvalue weighted by Gasteiger charge is -2.41. The van der Waals surface area contributed by atoms with Crippen LogP contribution >= 0.6 is 0 Å². The van der Waals surface area contributed by atoms with E-state index in [9.17, 15) is 5.11 Å². The van der Waals surface area contributed by atoms with Gasteiger partial charge in [0.1, 0.15) is 0 Å². The van der Waals surface area contributed by atoms with Gasteiger partial charge in [0.2, 0.25) is 0 Å². The van der Waals surface area contributed by atoms with Crippen molar-refractivity contribution in [2.45, 2.75) is 25.7 Å². The van der Waals surface area contributed by atoms with Gasteiger partial charge in [0.25, 0.3) is 5.88 Å². The molecule has 0 spiro atoms. The molecule has 1 aliphatic rings. The Labute approximate surface area is 143 Å². The van der Waals surface area contributed by atoms with Crippen LogP contribution in [0.1, 0.15) is 24.8 Å². The Hall–Kier alpha value is -2.14. The van der Waals surface area contributed by atoms with Crippen molar-refractivity contribution in [2.24, 2.45) is 5.41 Å². The van der Waals surface area contributed by atoms with E-state index in [0.717, 1.165) is 44.6 Å². The molecule has 0 amide bonds. The Morgan fingerprint density at radius 2 is 1.83 bits per heavy atom. The predicted octanol–water partition coefficient (Wildman–Crippen LogP) is 2.70. The summed E-state index contributed by atoms with van der Waals surface area (Å²) >= 11 is 0. The van der Waals surface area contributed by atoms with Crippen molar-refractivity contribution in [2.75, 3.05) is 31.7 Å². The molecular weight excluding hydrogens is 302 g/mol. The molecule has 24 heavy (non-hydrogen) atoms. The number of aryl methyl sites for hydroxylation is 1. The van der Waals surface area contributed by atoms with E-state index in [4.69, 9.17) is 4.74 Å². The molecule has 5 nitrogen and oxygen atoms in total. The number of ether oxygens (including phenoxy) is 1. The van der Waals surface area contributed by atoms with E-state index in [1.807, 2.05) is 6.07 Å². The first-order valence-electron chi connectivity index (χ1n) is 8.51. The van der Waals surface area contributed by atoms with Crippen LogP contribution in [0, 0.1) is 5.41 Å². The summed E-state index contributed by atoms with van der Waals surface area (Å²) < 4.78 is 5.32. The Morgan fingerprint density at radius 1 is 1.12 bits per heavy atom. The molecule has 1 aromatic heterocycles. The highest BCUT2D eigenvalue weighted by Gasteiger charge is 2.34. The number of piperidine rings is 1. The number of aliphatic hydroxyl groups excluding tert-OH is 1. The van der Waals surface area contributed by atoms with Gasteiger partial charge in [0, 0.05) is 32.1 Å². The van der Waals surface area contributed by atoms with Crippen LogP contribution in [0.2, 0.25) is 0 Å². The van der Waals surface area contributed by atoms with Crippen LogP contribution in [0.3, 0.4) is 0 Å². The fraction of sp³-hybridized carbons (Fsp3) is 0.474. The van der Waals surface area contributed by atoms with Gasteiger partial charge < -0.3 is 14.7 Å². The summed E-state index contributed by atoms with van der Waals surface area (Å²) in [5, 5.41) is 10.0. The van der Waals surface area contributed by atoms with Crippen LogP contribution in [-0.4, -0.2) is 41.9 Å². The molecule has 1 aliphatic heterocycles. The Bertz CT molecular complexity index is 640. The maximum absolute atomic E-state index is 10.0. The molecule has 0 atom stereocenters. The number of aliphatic hydroxyl groups is 1. The maximum atomic E-state index is 10.0. The summed E-state index contributed by atoms with van der Waals surface area (Å²) in [6, 6.07) is 10.5. The minimum absolute atomic E-state index is 0.00177. The van der Waals surface area contributed by atoms with Crippen molar-refractivity contribution in [1.29, 1.82) is 0 Å². The van der Waals surface area contributed by atoms with Gasteiger partial charge in [0.05, 0.1) is 7.11 Å². The third-order valence-electron chi connectivity index (χ3n) is 5.09. The minimum Gasteiger partial charge on any atom is -0.478 e. The van der Waals surface area contributed by atoms with Crippen LogP contribution in [0.25, 0.3) is 0 Å². The predicted molar refractivity (Wildman–Crippen MR) is 94.3 cm³/mol. The van der Waals surface area contributed by atoms with Crippen molar-refractivity contribution in [3.05, 3.63) is 48.3 Å². The largest absolute Gasteiger partial charge is 0.478 e. The highest BCUT2D eigenvalue weighted by atomic mass is 16.5. The molecule has 0 aliphatic carbocycles. The lowest BCUT2D eigenvalue weighted by molar-refractivity contribution is 0.0871. The average molecular weight is 327 g/mol. The molecule has 2 heterocycles. The monoisotopic (exact) mass is 327 g/mol. The number of anilines is 1. The lowest BCUT2D eigenvalue weighted by Crippen LogP contribution is -2.42. The highest BCUT2D eigenvalue weighted by Crippen LogP contribution is 2.38. The molecule has 0 saturated carbocycles. The first-order valence-corrected chi connectivity index (χ1v) is 8.51. The molecule has 1 fully saturated rings. The maximum Gasteiger partial charge on any atom is 0.257 e. The van der Waals surface area contributed by atoms with Crippen molar-refractivity contribution in [1.82, 2.24) is 9.97 Å². The van der Waals surface area contributed by atoms with E-state index >= 15 is 0 Å². The standard InChI is InChI=1S/C19H25N3O2/c1-24-18-17(20-11-12-21-18)22-13-9-19(15-23,10-14-22)8-7-16-5-3-2-4-6-16/h2-6,11-12,23H,7-10,13-15H2,1H3. The molecule has 1 N–H and O–H groups in total. The first kappa shape index (κ1) is 16.7. The zero-order chi connectivity index (χ0) is 16.8. The summed E-state index contributed by atoms with van der Waals surface area (Å²) in [6.45, 7) is 1.97. The van der Waals surface area contributed by atoms with Crippen molar-refractivity contribution < 1.29 is 9.84 Å². The number of nitrogens with zero attached hydrogens (tertiary/aromatic N) is 3. The molecule has 5 heteroatoms. The average Bonchev–Trinajstić information content (AvgIpc) is 2.67.